The van der Waals surface area contributed by atoms with Crippen LogP contribution in [0.1, 0.15) is 32.8 Å². The Morgan fingerprint density at radius 1 is 1.33 bits per heavy atom. The van der Waals surface area contributed by atoms with E-state index in [1.165, 1.54) is 0 Å². The molecular formula is C14H21N3O3S. The Kier molecular flexibility index (Phi) is 4.53. The molecule has 2 N–H and O–H groups in total. The smallest absolute Gasteiger partial charge is 0.299 e. The Hall–Kier alpha value is -1.60. The molecule has 1 amide bonds. The molecule has 1 aromatic rings. The monoisotopic (exact) mass is 311 g/mol. The molecule has 0 aliphatic carbocycles. The quantitative estimate of drug-likeness (QED) is 0.838. The number of carbonyl (C=O) groups is 1. The van der Waals surface area contributed by atoms with E-state index in [-0.39, 0.29) is 11.9 Å². The fourth-order valence-electron chi connectivity index (χ4n) is 2.41. The van der Waals surface area contributed by atoms with Crippen molar-refractivity contribution in [1.29, 1.82) is 0 Å². The van der Waals surface area contributed by atoms with E-state index in [0.29, 0.717) is 18.7 Å². The molecule has 1 aliphatic heterocycles. The van der Waals surface area contributed by atoms with E-state index in [0.717, 1.165) is 17.7 Å². The lowest BCUT2D eigenvalue weighted by Crippen LogP contribution is -2.35. The first-order valence-corrected chi connectivity index (χ1v) is 8.54. The maximum atomic E-state index is 11.9. The average molecular weight is 311 g/mol. The van der Waals surface area contributed by atoms with Crippen molar-refractivity contribution in [2.45, 2.75) is 39.7 Å². The minimum absolute atomic E-state index is 0.0622. The molecule has 0 fully saturated rings. The zero-order chi connectivity index (χ0) is 15.6. The lowest BCUT2D eigenvalue weighted by Gasteiger charge is -2.17. The molecule has 21 heavy (non-hydrogen) atoms. The van der Waals surface area contributed by atoms with Gasteiger partial charge in [-0.25, -0.2) is 0 Å². The third-order valence-corrected chi connectivity index (χ3v) is 4.39. The van der Waals surface area contributed by atoms with Gasteiger partial charge in [-0.1, -0.05) is 6.92 Å². The Labute approximate surface area is 125 Å². The highest BCUT2D eigenvalue weighted by Gasteiger charge is 2.26. The summed E-state index contributed by atoms with van der Waals surface area (Å²) in [7, 11) is -3.59. The normalized spacial score (nSPS) is 14.7. The molecule has 0 saturated heterocycles. The topological polar surface area (TPSA) is 78.5 Å². The number of rotatable bonds is 6. The van der Waals surface area contributed by atoms with Crippen molar-refractivity contribution in [2.75, 3.05) is 16.2 Å². The van der Waals surface area contributed by atoms with E-state index < -0.39 is 10.2 Å². The second-order valence-corrected chi connectivity index (χ2v) is 6.89. The molecular weight excluding hydrogens is 290 g/mol. The molecule has 0 spiro atoms. The van der Waals surface area contributed by atoms with Crippen LogP contribution in [-0.4, -0.2) is 26.9 Å². The van der Waals surface area contributed by atoms with Gasteiger partial charge >= 0.3 is 0 Å². The van der Waals surface area contributed by atoms with Gasteiger partial charge in [-0.3, -0.25) is 9.52 Å². The second-order valence-electron chi connectivity index (χ2n) is 5.44. The zero-order valence-corrected chi connectivity index (χ0v) is 13.3. The molecule has 1 aliphatic rings. The first-order chi connectivity index (χ1) is 9.82. The van der Waals surface area contributed by atoms with Gasteiger partial charge in [0.2, 0.25) is 5.91 Å². The van der Waals surface area contributed by atoms with Gasteiger partial charge in [-0.2, -0.15) is 13.1 Å². The zero-order valence-electron chi connectivity index (χ0n) is 12.5. The lowest BCUT2D eigenvalue weighted by atomic mass is 10.1. The van der Waals surface area contributed by atoms with Crippen molar-refractivity contribution >= 4 is 27.5 Å². The van der Waals surface area contributed by atoms with Crippen molar-refractivity contribution in [3.05, 3.63) is 23.8 Å². The van der Waals surface area contributed by atoms with Crippen LogP contribution in [0.5, 0.6) is 0 Å². The summed E-state index contributed by atoms with van der Waals surface area (Å²) in [5, 5.41) is 0. The fourth-order valence-corrected chi connectivity index (χ4v) is 3.53. The van der Waals surface area contributed by atoms with Gasteiger partial charge in [0.25, 0.3) is 10.2 Å². The average Bonchev–Trinajstić information content (AvgIpc) is 2.63. The largest absolute Gasteiger partial charge is 0.312 e. The maximum absolute atomic E-state index is 11.9. The minimum Gasteiger partial charge on any atom is -0.312 e. The third-order valence-electron chi connectivity index (χ3n) is 3.10. The molecule has 1 heterocycles. The highest BCUT2D eigenvalue weighted by atomic mass is 32.2. The summed E-state index contributed by atoms with van der Waals surface area (Å²) in [6, 6.07) is 5.02. The Balaban J connectivity index is 2.20. The summed E-state index contributed by atoms with van der Waals surface area (Å²) in [5.74, 6) is 0.0622. The number of fused-ring (bicyclic) bond motifs is 1. The number of anilines is 2. The lowest BCUT2D eigenvalue weighted by molar-refractivity contribution is -0.117. The summed E-state index contributed by atoms with van der Waals surface area (Å²) in [5.41, 5.74) is 2.20. The van der Waals surface area contributed by atoms with Gasteiger partial charge in [-0.15, -0.1) is 0 Å². The van der Waals surface area contributed by atoms with Gasteiger partial charge in [0, 0.05) is 18.3 Å². The first kappa shape index (κ1) is 15.8. The van der Waals surface area contributed by atoms with Gasteiger partial charge in [0.15, 0.2) is 0 Å². The van der Waals surface area contributed by atoms with Crippen LogP contribution in [0.15, 0.2) is 18.2 Å². The van der Waals surface area contributed by atoms with Crippen molar-refractivity contribution in [3.63, 3.8) is 0 Å². The highest BCUT2D eigenvalue weighted by Crippen LogP contribution is 2.31. The summed E-state index contributed by atoms with van der Waals surface area (Å²) in [4.78, 5) is 13.7. The molecule has 116 valence electrons. The standard InChI is InChI=1S/C14H21N3O3S/c1-4-7-17-13-6-5-12(8-11(13)9-14(17)18)16-21(19,20)15-10(2)3/h5-6,8,10,15-16H,4,7,9H2,1-3H3. The van der Waals surface area contributed by atoms with Gasteiger partial charge in [-0.05, 0) is 44.0 Å². The summed E-state index contributed by atoms with van der Waals surface area (Å²) in [6.45, 7) is 6.21. The van der Waals surface area contributed by atoms with Crippen LogP contribution in [-0.2, 0) is 21.4 Å². The van der Waals surface area contributed by atoms with Crippen molar-refractivity contribution in [2.24, 2.45) is 0 Å². The molecule has 0 radical (unpaired) electrons. The van der Waals surface area contributed by atoms with Crippen molar-refractivity contribution < 1.29 is 13.2 Å². The van der Waals surface area contributed by atoms with E-state index in [1.807, 2.05) is 6.92 Å². The molecule has 0 unspecified atom stereocenters. The number of benzene rings is 1. The van der Waals surface area contributed by atoms with Crippen LogP contribution in [0.4, 0.5) is 11.4 Å². The molecule has 6 nitrogen and oxygen atoms in total. The maximum Gasteiger partial charge on any atom is 0.299 e. The van der Waals surface area contributed by atoms with Gasteiger partial charge in [0.05, 0.1) is 12.1 Å². The predicted molar refractivity (Wildman–Crippen MR) is 83.6 cm³/mol. The molecule has 2 rings (SSSR count). The molecule has 0 aromatic heterocycles. The van der Waals surface area contributed by atoms with Gasteiger partial charge in [0.1, 0.15) is 0 Å². The van der Waals surface area contributed by atoms with Crippen LogP contribution < -0.4 is 14.3 Å². The predicted octanol–water partition coefficient (Wildman–Crippen LogP) is 1.64. The number of hydrogen-bond donors (Lipinski definition) is 2. The molecule has 0 saturated carbocycles. The Morgan fingerprint density at radius 3 is 2.67 bits per heavy atom. The number of amides is 1. The van der Waals surface area contributed by atoms with Crippen LogP contribution in [0, 0.1) is 0 Å². The summed E-state index contributed by atoms with van der Waals surface area (Å²) >= 11 is 0. The third kappa shape index (κ3) is 3.74. The number of carbonyl (C=O) groups excluding carboxylic acids is 1. The number of nitrogens with one attached hydrogen (secondary N) is 2. The highest BCUT2D eigenvalue weighted by molar-refractivity contribution is 7.90. The van der Waals surface area contributed by atoms with E-state index in [2.05, 4.69) is 9.44 Å². The molecule has 0 atom stereocenters. The molecule has 7 heteroatoms. The van der Waals surface area contributed by atoms with Gasteiger partial charge < -0.3 is 4.90 Å². The van der Waals surface area contributed by atoms with Crippen LogP contribution >= 0.6 is 0 Å². The Morgan fingerprint density at radius 2 is 2.05 bits per heavy atom. The SMILES string of the molecule is CCCN1C(=O)Cc2cc(NS(=O)(=O)NC(C)C)ccc21. The molecule has 0 bridgehead atoms. The van der Waals surface area contributed by atoms with Crippen molar-refractivity contribution in [3.8, 4) is 0 Å². The summed E-state index contributed by atoms with van der Waals surface area (Å²) in [6.07, 6.45) is 1.21. The minimum atomic E-state index is -3.59. The van der Waals surface area contributed by atoms with Crippen LogP contribution in [0.2, 0.25) is 0 Å². The fraction of sp³-hybridized carbons (Fsp3) is 0.500. The summed E-state index contributed by atoms with van der Waals surface area (Å²) < 4.78 is 28.6. The van der Waals surface area contributed by atoms with Crippen LogP contribution in [0.25, 0.3) is 0 Å². The number of hydrogen-bond acceptors (Lipinski definition) is 3. The van der Waals surface area contributed by atoms with E-state index in [4.69, 9.17) is 0 Å². The Bertz CT molecular complexity index is 641. The first-order valence-electron chi connectivity index (χ1n) is 7.05. The van der Waals surface area contributed by atoms with Crippen molar-refractivity contribution in [1.82, 2.24) is 4.72 Å². The second kappa shape index (κ2) is 6.03. The van der Waals surface area contributed by atoms with Crippen LogP contribution in [0.3, 0.4) is 0 Å². The van der Waals surface area contributed by atoms with E-state index >= 15 is 0 Å². The van der Waals surface area contributed by atoms with E-state index in [9.17, 15) is 13.2 Å². The van der Waals surface area contributed by atoms with E-state index in [1.54, 1.807) is 36.9 Å². The number of nitrogens with zero attached hydrogens (tertiary/aromatic N) is 1. The molecule has 1 aromatic carbocycles.